The zero-order chi connectivity index (χ0) is 21.8. The third-order valence-electron chi connectivity index (χ3n) is 5.27. The molecule has 0 amide bonds. The highest BCUT2D eigenvalue weighted by molar-refractivity contribution is 5.80. The van der Waals surface area contributed by atoms with Crippen molar-refractivity contribution in [1.29, 1.82) is 0 Å². The quantitative estimate of drug-likeness (QED) is 0.494. The Hall–Kier alpha value is -3.85. The lowest BCUT2D eigenvalue weighted by molar-refractivity contribution is 0.122. The van der Waals surface area contributed by atoms with Crippen LogP contribution in [0.4, 0.5) is 11.9 Å². The molecular formula is C23H23N7O2. The first kappa shape index (κ1) is 20.1. The average molecular weight is 429 g/mol. The summed E-state index contributed by atoms with van der Waals surface area (Å²) in [5, 5.41) is 3.25. The third-order valence-corrected chi connectivity index (χ3v) is 5.27. The molecule has 1 aliphatic rings. The van der Waals surface area contributed by atoms with Gasteiger partial charge in [0.05, 0.1) is 43.1 Å². The minimum atomic E-state index is 0.512. The Morgan fingerprint density at radius 1 is 0.969 bits per heavy atom. The van der Waals surface area contributed by atoms with Gasteiger partial charge in [-0.15, -0.1) is 0 Å². The third kappa shape index (κ3) is 4.28. The SMILES string of the molecule is Cc1occc1-c1nc(NCc2ccccn2)ncc1-c1ccnc(N2CCOCC2)n1. The fourth-order valence-electron chi connectivity index (χ4n) is 3.58. The molecule has 1 N–H and O–H groups in total. The fraction of sp³-hybridized carbons (Fsp3) is 0.261. The first-order valence-corrected chi connectivity index (χ1v) is 10.5. The molecule has 4 aromatic rings. The van der Waals surface area contributed by atoms with Crippen LogP contribution in [0.1, 0.15) is 11.5 Å². The van der Waals surface area contributed by atoms with Crippen LogP contribution in [-0.2, 0) is 11.3 Å². The number of rotatable bonds is 6. The second-order valence-corrected chi connectivity index (χ2v) is 7.36. The van der Waals surface area contributed by atoms with Gasteiger partial charge in [0, 0.05) is 42.8 Å². The van der Waals surface area contributed by atoms with Gasteiger partial charge >= 0.3 is 0 Å². The normalized spacial score (nSPS) is 13.8. The van der Waals surface area contributed by atoms with Gasteiger partial charge in [0.1, 0.15) is 5.76 Å². The highest BCUT2D eigenvalue weighted by Crippen LogP contribution is 2.33. The minimum Gasteiger partial charge on any atom is -0.469 e. The predicted molar refractivity (Wildman–Crippen MR) is 120 cm³/mol. The number of anilines is 2. The number of aromatic nitrogens is 5. The first-order chi connectivity index (χ1) is 15.8. The van der Waals surface area contributed by atoms with Crippen LogP contribution in [0, 0.1) is 6.92 Å². The molecule has 32 heavy (non-hydrogen) atoms. The maximum atomic E-state index is 5.55. The largest absolute Gasteiger partial charge is 0.469 e. The summed E-state index contributed by atoms with van der Waals surface area (Å²) in [5.41, 5.74) is 4.13. The molecule has 0 aromatic carbocycles. The molecule has 0 spiro atoms. The molecule has 1 aliphatic heterocycles. The number of ether oxygens (including phenoxy) is 1. The molecule has 9 nitrogen and oxygen atoms in total. The molecule has 0 bridgehead atoms. The van der Waals surface area contributed by atoms with Crippen LogP contribution in [0.25, 0.3) is 22.5 Å². The number of hydrogen-bond donors (Lipinski definition) is 1. The van der Waals surface area contributed by atoms with Gasteiger partial charge in [0.2, 0.25) is 11.9 Å². The van der Waals surface area contributed by atoms with Gasteiger partial charge in [0.15, 0.2) is 0 Å². The Morgan fingerprint density at radius 2 is 1.88 bits per heavy atom. The van der Waals surface area contributed by atoms with Crippen LogP contribution in [0.3, 0.4) is 0 Å². The predicted octanol–water partition coefficient (Wildman–Crippen LogP) is 3.35. The zero-order valence-corrected chi connectivity index (χ0v) is 17.7. The van der Waals surface area contributed by atoms with Crippen molar-refractivity contribution in [2.45, 2.75) is 13.5 Å². The molecule has 0 aliphatic carbocycles. The van der Waals surface area contributed by atoms with Gasteiger partial charge in [-0.1, -0.05) is 6.07 Å². The number of furan rings is 1. The average Bonchev–Trinajstić information content (AvgIpc) is 3.29. The Kier molecular flexibility index (Phi) is 5.71. The molecule has 4 aromatic heterocycles. The van der Waals surface area contributed by atoms with Crippen LogP contribution < -0.4 is 10.2 Å². The van der Waals surface area contributed by atoms with Crippen molar-refractivity contribution in [3.05, 3.63) is 66.6 Å². The van der Waals surface area contributed by atoms with Gasteiger partial charge in [-0.05, 0) is 31.2 Å². The summed E-state index contributed by atoms with van der Waals surface area (Å²) in [5.74, 6) is 1.97. The van der Waals surface area contributed by atoms with E-state index < -0.39 is 0 Å². The Morgan fingerprint density at radius 3 is 2.66 bits per heavy atom. The first-order valence-electron chi connectivity index (χ1n) is 10.5. The van der Waals surface area contributed by atoms with Crippen LogP contribution in [-0.4, -0.2) is 51.2 Å². The molecule has 162 valence electrons. The summed E-state index contributed by atoms with van der Waals surface area (Å²) in [6.07, 6.45) is 6.99. The Balaban J connectivity index is 1.50. The van der Waals surface area contributed by atoms with Crippen LogP contribution in [0.2, 0.25) is 0 Å². The summed E-state index contributed by atoms with van der Waals surface area (Å²) in [7, 11) is 0. The van der Waals surface area contributed by atoms with E-state index in [4.69, 9.17) is 19.1 Å². The fourth-order valence-corrected chi connectivity index (χ4v) is 3.58. The second-order valence-electron chi connectivity index (χ2n) is 7.36. The summed E-state index contributed by atoms with van der Waals surface area (Å²) in [6.45, 7) is 5.33. The minimum absolute atomic E-state index is 0.512. The van der Waals surface area contributed by atoms with E-state index in [-0.39, 0.29) is 0 Å². The van der Waals surface area contributed by atoms with E-state index in [1.165, 1.54) is 0 Å². The molecule has 9 heteroatoms. The lowest BCUT2D eigenvalue weighted by atomic mass is 10.1. The monoisotopic (exact) mass is 429 g/mol. The van der Waals surface area contributed by atoms with Crippen molar-refractivity contribution in [2.75, 3.05) is 36.5 Å². The number of nitrogens with zero attached hydrogens (tertiary/aromatic N) is 6. The van der Waals surface area contributed by atoms with Crippen molar-refractivity contribution < 1.29 is 9.15 Å². The molecule has 5 rings (SSSR count). The maximum absolute atomic E-state index is 5.55. The van der Waals surface area contributed by atoms with Crippen molar-refractivity contribution >= 4 is 11.9 Å². The van der Waals surface area contributed by atoms with E-state index in [1.54, 1.807) is 24.9 Å². The number of nitrogens with one attached hydrogen (secondary N) is 1. The smallest absolute Gasteiger partial charge is 0.226 e. The van der Waals surface area contributed by atoms with Crippen molar-refractivity contribution in [3.63, 3.8) is 0 Å². The van der Waals surface area contributed by atoms with E-state index in [2.05, 4.69) is 25.2 Å². The lowest BCUT2D eigenvalue weighted by Gasteiger charge is -2.26. The van der Waals surface area contributed by atoms with Crippen molar-refractivity contribution in [2.24, 2.45) is 0 Å². The van der Waals surface area contributed by atoms with Crippen LogP contribution in [0.15, 0.2) is 59.6 Å². The summed E-state index contributed by atoms with van der Waals surface area (Å²) in [6, 6.07) is 9.59. The molecule has 1 saturated heterocycles. The number of morpholine rings is 1. The van der Waals surface area contributed by atoms with E-state index in [0.29, 0.717) is 31.7 Å². The van der Waals surface area contributed by atoms with Crippen LogP contribution in [0.5, 0.6) is 0 Å². The van der Waals surface area contributed by atoms with E-state index in [1.807, 2.05) is 37.3 Å². The molecule has 5 heterocycles. The molecule has 0 unspecified atom stereocenters. The molecule has 1 fully saturated rings. The van der Waals surface area contributed by atoms with E-state index in [9.17, 15) is 0 Å². The summed E-state index contributed by atoms with van der Waals surface area (Å²) in [4.78, 5) is 25.1. The van der Waals surface area contributed by atoms with Crippen molar-refractivity contribution in [1.82, 2.24) is 24.9 Å². The summed E-state index contributed by atoms with van der Waals surface area (Å²) >= 11 is 0. The van der Waals surface area contributed by atoms with Gasteiger partial charge in [-0.25, -0.2) is 19.9 Å². The molecular weight excluding hydrogens is 406 g/mol. The highest BCUT2D eigenvalue weighted by atomic mass is 16.5. The molecule has 0 saturated carbocycles. The Labute approximate surface area is 185 Å². The summed E-state index contributed by atoms with van der Waals surface area (Å²) < 4.78 is 11.0. The topological polar surface area (TPSA) is 102 Å². The number of hydrogen-bond acceptors (Lipinski definition) is 9. The van der Waals surface area contributed by atoms with Gasteiger partial charge < -0.3 is 19.4 Å². The van der Waals surface area contributed by atoms with Gasteiger partial charge in [0.25, 0.3) is 0 Å². The van der Waals surface area contributed by atoms with E-state index in [0.717, 1.165) is 47.1 Å². The zero-order valence-electron chi connectivity index (χ0n) is 17.7. The number of pyridine rings is 1. The van der Waals surface area contributed by atoms with E-state index >= 15 is 0 Å². The maximum Gasteiger partial charge on any atom is 0.226 e. The number of aryl methyl sites for hydroxylation is 1. The molecule has 0 radical (unpaired) electrons. The second kappa shape index (κ2) is 9.11. The van der Waals surface area contributed by atoms with Crippen molar-refractivity contribution in [3.8, 4) is 22.5 Å². The highest BCUT2D eigenvalue weighted by Gasteiger charge is 2.19. The van der Waals surface area contributed by atoms with Gasteiger partial charge in [-0.3, -0.25) is 4.98 Å². The Bertz CT molecular complexity index is 1190. The van der Waals surface area contributed by atoms with Crippen LogP contribution >= 0.6 is 0 Å². The van der Waals surface area contributed by atoms with Gasteiger partial charge in [-0.2, -0.15) is 0 Å². The molecule has 0 atom stereocenters. The lowest BCUT2D eigenvalue weighted by Crippen LogP contribution is -2.37. The standard InChI is InChI=1S/C23H23N7O2/c1-16-18(6-11-32-16)21-19(15-27-22(29-21)26-14-17-4-2-3-7-24-17)20-5-8-25-23(28-20)30-9-12-31-13-10-30/h2-8,11,15H,9-10,12-14H2,1H3,(H,26,27,29).